The van der Waals surface area contributed by atoms with E-state index in [1.807, 2.05) is 11.4 Å². The van der Waals surface area contributed by atoms with Crippen molar-refractivity contribution in [1.29, 1.82) is 5.26 Å². The first kappa shape index (κ1) is 9.12. The number of thiazole rings is 1. The first-order valence-corrected chi connectivity index (χ1v) is 5.37. The Morgan fingerprint density at radius 2 is 2.29 bits per heavy atom. The third-order valence-electron chi connectivity index (χ3n) is 1.36. The van der Waals surface area contributed by atoms with Crippen molar-refractivity contribution in [3.63, 3.8) is 0 Å². The monoisotopic (exact) mass is 220 g/mol. The van der Waals surface area contributed by atoms with Gasteiger partial charge < -0.3 is 0 Å². The van der Waals surface area contributed by atoms with E-state index in [1.165, 1.54) is 29.4 Å². The van der Waals surface area contributed by atoms with E-state index in [-0.39, 0.29) is 0 Å². The van der Waals surface area contributed by atoms with Crippen LogP contribution in [0.5, 0.6) is 0 Å². The van der Waals surface area contributed by atoms with Gasteiger partial charge in [-0.1, -0.05) is 0 Å². The fourth-order valence-electron chi connectivity index (χ4n) is 0.807. The van der Waals surface area contributed by atoms with Crippen LogP contribution in [0.2, 0.25) is 0 Å². The molecule has 0 aliphatic heterocycles. The fraction of sp³-hybridized carbons (Fsp3) is 0. The van der Waals surface area contributed by atoms with Crippen molar-refractivity contribution in [3.05, 3.63) is 29.7 Å². The van der Waals surface area contributed by atoms with Crippen LogP contribution in [-0.2, 0) is 0 Å². The third kappa shape index (κ3) is 2.07. The molecular formula is C8H4N4S2. The zero-order valence-corrected chi connectivity index (χ0v) is 8.55. The minimum Gasteiger partial charge on any atom is -0.238 e. The number of rotatable bonds is 2. The van der Waals surface area contributed by atoms with Crippen molar-refractivity contribution >= 4 is 23.1 Å². The van der Waals surface area contributed by atoms with Crippen molar-refractivity contribution in [2.24, 2.45) is 0 Å². The van der Waals surface area contributed by atoms with Crippen LogP contribution in [0.15, 0.2) is 33.3 Å². The molecule has 2 rings (SSSR count). The molecule has 0 saturated carbocycles. The Morgan fingerprint density at radius 3 is 3.00 bits per heavy atom. The van der Waals surface area contributed by atoms with Gasteiger partial charge >= 0.3 is 0 Å². The molecule has 0 aromatic carbocycles. The van der Waals surface area contributed by atoms with Crippen molar-refractivity contribution in [2.45, 2.75) is 9.37 Å². The highest BCUT2D eigenvalue weighted by Gasteiger charge is 2.02. The maximum atomic E-state index is 8.63. The van der Waals surface area contributed by atoms with Crippen LogP contribution < -0.4 is 0 Å². The van der Waals surface area contributed by atoms with Gasteiger partial charge in [0, 0.05) is 17.6 Å². The summed E-state index contributed by atoms with van der Waals surface area (Å²) in [5.74, 6) is 0. The Hall–Kier alpha value is -1.45. The minimum atomic E-state index is 0.374. The van der Waals surface area contributed by atoms with Gasteiger partial charge in [0.05, 0.1) is 0 Å². The van der Waals surface area contributed by atoms with Gasteiger partial charge in [-0.2, -0.15) is 5.26 Å². The summed E-state index contributed by atoms with van der Waals surface area (Å²) < 4.78 is 0.910. The van der Waals surface area contributed by atoms with Crippen molar-refractivity contribution in [1.82, 2.24) is 15.0 Å². The maximum absolute atomic E-state index is 8.63. The van der Waals surface area contributed by atoms with Crippen molar-refractivity contribution in [3.8, 4) is 6.07 Å². The first-order valence-electron chi connectivity index (χ1n) is 3.68. The molecule has 2 aromatic rings. The molecule has 0 unspecified atom stereocenters. The largest absolute Gasteiger partial charge is 0.238 e. The van der Waals surface area contributed by atoms with Crippen LogP contribution in [-0.4, -0.2) is 15.0 Å². The summed E-state index contributed by atoms with van der Waals surface area (Å²) in [5, 5.41) is 11.3. The molecule has 68 valence electrons. The molecule has 0 aliphatic carbocycles. The lowest BCUT2D eigenvalue weighted by Gasteiger charge is -1.95. The van der Waals surface area contributed by atoms with Crippen LogP contribution in [0, 0.1) is 11.3 Å². The second-order valence-corrected chi connectivity index (χ2v) is 4.42. The number of hydrogen-bond acceptors (Lipinski definition) is 6. The predicted molar refractivity (Wildman–Crippen MR) is 53.0 cm³/mol. The van der Waals surface area contributed by atoms with Crippen molar-refractivity contribution in [2.75, 3.05) is 0 Å². The van der Waals surface area contributed by atoms with E-state index < -0.39 is 0 Å². The number of aromatic nitrogens is 3. The Balaban J connectivity index is 2.22. The van der Waals surface area contributed by atoms with Gasteiger partial charge in [-0.15, -0.1) is 11.3 Å². The molecule has 0 N–H and O–H groups in total. The summed E-state index contributed by atoms with van der Waals surface area (Å²) in [5.41, 5.74) is 0.374. The lowest BCUT2D eigenvalue weighted by molar-refractivity contribution is 1.03. The van der Waals surface area contributed by atoms with Crippen LogP contribution in [0.4, 0.5) is 0 Å². The lowest BCUT2D eigenvalue weighted by atomic mass is 10.4. The fourth-order valence-corrected chi connectivity index (χ4v) is 2.34. The molecule has 14 heavy (non-hydrogen) atoms. The van der Waals surface area contributed by atoms with Crippen LogP contribution in [0.1, 0.15) is 5.69 Å². The van der Waals surface area contributed by atoms with E-state index in [1.54, 1.807) is 12.3 Å². The van der Waals surface area contributed by atoms with Gasteiger partial charge in [-0.05, 0) is 11.8 Å². The van der Waals surface area contributed by atoms with E-state index in [4.69, 9.17) is 5.26 Å². The molecule has 0 bridgehead atoms. The van der Waals surface area contributed by atoms with E-state index in [9.17, 15) is 0 Å². The van der Waals surface area contributed by atoms with Gasteiger partial charge in [0.1, 0.15) is 23.1 Å². The highest BCUT2D eigenvalue weighted by Crippen LogP contribution is 2.27. The average Bonchev–Trinajstić information content (AvgIpc) is 2.71. The van der Waals surface area contributed by atoms with Gasteiger partial charge in [0.25, 0.3) is 0 Å². The molecule has 0 aliphatic rings. The first-order chi connectivity index (χ1) is 6.88. The van der Waals surface area contributed by atoms with Gasteiger partial charge in [0.2, 0.25) is 0 Å². The molecule has 0 saturated heterocycles. The standard InChI is InChI=1S/C8H4N4S2/c9-4-6-3-7(12-5-11-6)14-8-10-1-2-13-8/h1-3,5H. The van der Waals surface area contributed by atoms with Crippen LogP contribution >= 0.6 is 23.1 Å². The van der Waals surface area contributed by atoms with Crippen LogP contribution in [0.3, 0.4) is 0 Å². The molecule has 2 heterocycles. The topological polar surface area (TPSA) is 62.5 Å². The molecule has 6 heteroatoms. The SMILES string of the molecule is N#Cc1cc(Sc2nccs2)ncn1. The Morgan fingerprint density at radius 1 is 1.36 bits per heavy atom. The number of nitriles is 1. The molecule has 0 amide bonds. The molecule has 0 fully saturated rings. The summed E-state index contributed by atoms with van der Waals surface area (Å²) in [4.78, 5) is 11.9. The summed E-state index contributed by atoms with van der Waals surface area (Å²) in [6, 6.07) is 3.61. The second-order valence-electron chi connectivity index (χ2n) is 2.25. The summed E-state index contributed by atoms with van der Waals surface area (Å²) in [6.07, 6.45) is 3.12. The summed E-state index contributed by atoms with van der Waals surface area (Å²) >= 11 is 2.97. The highest BCUT2D eigenvalue weighted by molar-refractivity contribution is 8.00. The third-order valence-corrected chi connectivity index (χ3v) is 3.17. The predicted octanol–water partition coefficient (Wildman–Crippen LogP) is 1.96. The molecule has 2 aromatic heterocycles. The molecule has 0 radical (unpaired) electrons. The molecule has 0 atom stereocenters. The van der Waals surface area contributed by atoms with Gasteiger partial charge in [-0.25, -0.2) is 15.0 Å². The van der Waals surface area contributed by atoms with Gasteiger partial charge in [-0.3, -0.25) is 0 Å². The Kier molecular flexibility index (Phi) is 2.72. The lowest BCUT2D eigenvalue weighted by Crippen LogP contribution is -1.86. The Bertz CT molecular complexity index is 460. The molecule has 4 nitrogen and oxygen atoms in total. The zero-order valence-electron chi connectivity index (χ0n) is 6.91. The minimum absolute atomic E-state index is 0.374. The Labute approximate surface area is 88.7 Å². The summed E-state index contributed by atoms with van der Waals surface area (Å²) in [6.45, 7) is 0. The van der Waals surface area contributed by atoms with Crippen LogP contribution in [0.25, 0.3) is 0 Å². The zero-order chi connectivity index (χ0) is 9.80. The second kappa shape index (κ2) is 4.17. The quantitative estimate of drug-likeness (QED) is 0.724. The van der Waals surface area contributed by atoms with E-state index >= 15 is 0 Å². The maximum Gasteiger partial charge on any atom is 0.156 e. The highest BCUT2D eigenvalue weighted by atomic mass is 32.2. The smallest absolute Gasteiger partial charge is 0.156 e. The molecule has 0 spiro atoms. The normalized spacial score (nSPS) is 9.64. The van der Waals surface area contributed by atoms with E-state index in [0.29, 0.717) is 5.69 Å². The van der Waals surface area contributed by atoms with Gasteiger partial charge in [0.15, 0.2) is 4.34 Å². The number of nitrogens with zero attached hydrogens (tertiary/aromatic N) is 4. The average molecular weight is 220 g/mol. The molecular weight excluding hydrogens is 216 g/mol. The van der Waals surface area contributed by atoms with E-state index in [2.05, 4.69) is 15.0 Å². The number of hydrogen-bond donors (Lipinski definition) is 0. The van der Waals surface area contributed by atoms with E-state index in [0.717, 1.165) is 9.37 Å². The summed E-state index contributed by atoms with van der Waals surface area (Å²) in [7, 11) is 0. The van der Waals surface area contributed by atoms with Crippen molar-refractivity contribution < 1.29 is 0 Å².